The summed E-state index contributed by atoms with van der Waals surface area (Å²) in [6.45, 7) is 4.51. The van der Waals surface area contributed by atoms with E-state index in [1.807, 2.05) is 13.8 Å². The van der Waals surface area contributed by atoms with Crippen molar-refractivity contribution in [1.29, 1.82) is 0 Å². The van der Waals surface area contributed by atoms with E-state index < -0.39 is 0 Å². The van der Waals surface area contributed by atoms with Crippen molar-refractivity contribution >= 4 is 5.91 Å². The van der Waals surface area contributed by atoms with Crippen LogP contribution in [0.25, 0.3) is 0 Å². The first-order valence-electron chi connectivity index (χ1n) is 4.80. The van der Waals surface area contributed by atoms with Crippen molar-refractivity contribution in [2.24, 2.45) is 0 Å². The first kappa shape index (κ1) is 9.64. The molecule has 0 aliphatic carbocycles. The molecule has 0 bridgehead atoms. The fraction of sp³-hybridized carbons (Fsp3) is 0.300. The van der Waals surface area contributed by atoms with E-state index in [2.05, 4.69) is 10.2 Å². The molecule has 2 aromatic rings. The van der Waals surface area contributed by atoms with E-state index in [4.69, 9.17) is 0 Å². The molecule has 2 aromatic heterocycles. The molecule has 0 aliphatic rings. The van der Waals surface area contributed by atoms with Gasteiger partial charge in [-0.25, -0.2) is 4.68 Å². The van der Waals surface area contributed by atoms with E-state index in [0.717, 1.165) is 5.56 Å². The van der Waals surface area contributed by atoms with Gasteiger partial charge in [-0.05, 0) is 25.5 Å². The van der Waals surface area contributed by atoms with Gasteiger partial charge >= 0.3 is 0 Å². The van der Waals surface area contributed by atoms with Crippen molar-refractivity contribution in [3.63, 3.8) is 0 Å². The van der Waals surface area contributed by atoms with E-state index in [0.29, 0.717) is 12.2 Å². The van der Waals surface area contributed by atoms with Crippen molar-refractivity contribution in [3.05, 3.63) is 35.9 Å². The van der Waals surface area contributed by atoms with Crippen LogP contribution in [-0.2, 0) is 6.54 Å². The monoisotopic (exact) mass is 204 g/mol. The second-order valence-corrected chi connectivity index (χ2v) is 3.30. The molecule has 0 saturated carbocycles. The Morgan fingerprint density at radius 3 is 2.87 bits per heavy atom. The molecule has 2 heterocycles. The summed E-state index contributed by atoms with van der Waals surface area (Å²) in [5.74, 6) is -0.151. The fourth-order valence-corrected chi connectivity index (χ4v) is 1.41. The Kier molecular flexibility index (Phi) is 2.37. The molecule has 78 valence electrons. The normalized spacial score (nSPS) is 10.5. The molecule has 0 aliphatic heterocycles. The molecule has 5 heteroatoms. The largest absolute Gasteiger partial charge is 0.296 e. The average Bonchev–Trinajstić information content (AvgIpc) is 2.84. The smallest absolute Gasteiger partial charge is 0.265 e. The number of carbonyl (C=O) groups is 1. The van der Waals surface area contributed by atoms with E-state index in [1.165, 1.54) is 4.68 Å². The number of rotatable bonds is 2. The maximum absolute atomic E-state index is 11.9. The van der Waals surface area contributed by atoms with E-state index in [-0.39, 0.29) is 5.91 Å². The third-order valence-electron chi connectivity index (χ3n) is 2.15. The van der Waals surface area contributed by atoms with Crippen molar-refractivity contribution in [3.8, 4) is 0 Å². The molecule has 0 N–H and O–H groups in total. The summed E-state index contributed by atoms with van der Waals surface area (Å²) < 4.78 is 2.98. The van der Waals surface area contributed by atoms with Crippen molar-refractivity contribution < 1.29 is 4.79 Å². The Bertz CT molecular complexity index is 483. The average molecular weight is 204 g/mol. The molecule has 2 rings (SSSR count). The zero-order chi connectivity index (χ0) is 10.8. The predicted octanol–water partition coefficient (Wildman–Crippen LogP) is 1.10. The van der Waals surface area contributed by atoms with Gasteiger partial charge in [0.05, 0.1) is 6.20 Å². The summed E-state index contributed by atoms with van der Waals surface area (Å²) >= 11 is 0. The standard InChI is InChI=1S/C10H12N4O/c1-3-13-9(4-5-11-13)10(15)14-7-8(2)6-12-14/h4-7H,3H2,1-2H3. The Morgan fingerprint density at radius 1 is 1.47 bits per heavy atom. The van der Waals surface area contributed by atoms with E-state index in [9.17, 15) is 4.79 Å². The molecule has 0 amide bonds. The van der Waals surface area contributed by atoms with Crippen LogP contribution in [0.1, 0.15) is 23.0 Å². The van der Waals surface area contributed by atoms with Crippen molar-refractivity contribution in [2.45, 2.75) is 20.4 Å². The molecule has 0 spiro atoms. The van der Waals surface area contributed by atoms with Gasteiger partial charge in [0.1, 0.15) is 5.69 Å². The van der Waals surface area contributed by atoms with Gasteiger partial charge in [-0.1, -0.05) is 0 Å². The third kappa shape index (κ3) is 1.68. The first-order valence-corrected chi connectivity index (χ1v) is 4.80. The maximum atomic E-state index is 11.9. The quantitative estimate of drug-likeness (QED) is 0.736. The topological polar surface area (TPSA) is 52.7 Å². The minimum absolute atomic E-state index is 0.151. The van der Waals surface area contributed by atoms with Crippen LogP contribution in [0, 0.1) is 6.92 Å². The number of hydrogen-bond donors (Lipinski definition) is 0. The van der Waals surface area contributed by atoms with Gasteiger partial charge in [0.2, 0.25) is 0 Å². The third-order valence-corrected chi connectivity index (χ3v) is 2.15. The van der Waals surface area contributed by atoms with Crippen molar-refractivity contribution in [2.75, 3.05) is 0 Å². The molecular formula is C10H12N4O. The zero-order valence-corrected chi connectivity index (χ0v) is 8.71. The van der Waals surface area contributed by atoms with Crippen LogP contribution in [0.4, 0.5) is 0 Å². The molecule has 0 unspecified atom stereocenters. The molecule has 0 radical (unpaired) electrons. The van der Waals surface area contributed by atoms with Crippen LogP contribution in [0.15, 0.2) is 24.7 Å². The lowest BCUT2D eigenvalue weighted by Gasteiger charge is -2.02. The van der Waals surface area contributed by atoms with Gasteiger partial charge in [0, 0.05) is 18.9 Å². The molecular weight excluding hydrogens is 192 g/mol. The zero-order valence-electron chi connectivity index (χ0n) is 8.71. The lowest BCUT2D eigenvalue weighted by atomic mass is 10.4. The van der Waals surface area contributed by atoms with Gasteiger partial charge in [0.25, 0.3) is 5.91 Å². The molecule has 5 nitrogen and oxygen atoms in total. The van der Waals surface area contributed by atoms with Crippen LogP contribution in [0.2, 0.25) is 0 Å². The van der Waals surface area contributed by atoms with Gasteiger partial charge in [-0.15, -0.1) is 0 Å². The second kappa shape index (κ2) is 3.68. The van der Waals surface area contributed by atoms with Gasteiger partial charge in [-0.2, -0.15) is 10.2 Å². The van der Waals surface area contributed by atoms with Crippen LogP contribution >= 0.6 is 0 Å². The number of aromatic nitrogens is 4. The highest BCUT2D eigenvalue weighted by Crippen LogP contribution is 2.03. The van der Waals surface area contributed by atoms with Crippen LogP contribution in [0.3, 0.4) is 0 Å². The predicted molar refractivity (Wildman–Crippen MR) is 54.6 cm³/mol. The van der Waals surface area contributed by atoms with Crippen LogP contribution < -0.4 is 0 Å². The molecule has 0 fully saturated rings. The summed E-state index contributed by atoms with van der Waals surface area (Å²) in [4.78, 5) is 11.9. The molecule has 15 heavy (non-hydrogen) atoms. The van der Waals surface area contributed by atoms with E-state index >= 15 is 0 Å². The second-order valence-electron chi connectivity index (χ2n) is 3.30. The Labute approximate surface area is 87.3 Å². The number of aryl methyl sites for hydroxylation is 2. The SMILES string of the molecule is CCn1nccc1C(=O)n1cc(C)cn1. The fourth-order valence-electron chi connectivity index (χ4n) is 1.41. The lowest BCUT2D eigenvalue weighted by Crippen LogP contribution is -2.17. The maximum Gasteiger partial charge on any atom is 0.296 e. The summed E-state index contributed by atoms with van der Waals surface area (Å²) in [7, 11) is 0. The molecule has 0 aromatic carbocycles. The number of carbonyl (C=O) groups excluding carboxylic acids is 1. The lowest BCUT2D eigenvalue weighted by molar-refractivity contribution is 0.0934. The van der Waals surface area contributed by atoms with Gasteiger partial charge in [-0.3, -0.25) is 9.48 Å². The van der Waals surface area contributed by atoms with Gasteiger partial charge < -0.3 is 0 Å². The van der Waals surface area contributed by atoms with Crippen LogP contribution in [0.5, 0.6) is 0 Å². The Morgan fingerprint density at radius 2 is 2.27 bits per heavy atom. The Balaban J connectivity index is 2.36. The minimum Gasteiger partial charge on any atom is -0.265 e. The summed E-state index contributed by atoms with van der Waals surface area (Å²) in [5, 5.41) is 8.02. The summed E-state index contributed by atoms with van der Waals surface area (Å²) in [5.41, 5.74) is 1.52. The van der Waals surface area contributed by atoms with Gasteiger partial charge in [0.15, 0.2) is 0 Å². The minimum atomic E-state index is -0.151. The number of hydrogen-bond acceptors (Lipinski definition) is 3. The summed E-state index contributed by atoms with van der Waals surface area (Å²) in [6.07, 6.45) is 4.98. The molecule has 0 atom stereocenters. The van der Waals surface area contributed by atoms with Crippen molar-refractivity contribution in [1.82, 2.24) is 19.6 Å². The van der Waals surface area contributed by atoms with E-state index in [1.54, 1.807) is 29.3 Å². The Hall–Kier alpha value is -1.91. The number of nitrogens with zero attached hydrogens (tertiary/aromatic N) is 4. The molecule has 0 saturated heterocycles. The first-order chi connectivity index (χ1) is 7.22. The van der Waals surface area contributed by atoms with Crippen LogP contribution in [-0.4, -0.2) is 25.5 Å². The highest BCUT2D eigenvalue weighted by atomic mass is 16.2. The summed E-state index contributed by atoms with van der Waals surface area (Å²) in [6, 6.07) is 1.70. The highest BCUT2D eigenvalue weighted by Gasteiger charge is 2.13. The highest BCUT2D eigenvalue weighted by molar-refractivity contribution is 5.93.